The molecule has 3 rings (SSSR count). The zero-order valence-corrected chi connectivity index (χ0v) is 14.6. The highest BCUT2D eigenvalue weighted by Gasteiger charge is 2.11. The van der Waals surface area contributed by atoms with E-state index in [2.05, 4.69) is 34.7 Å². The zero-order chi connectivity index (χ0) is 17.6. The molecule has 0 aliphatic carbocycles. The van der Waals surface area contributed by atoms with Gasteiger partial charge in [0.2, 0.25) is 0 Å². The van der Waals surface area contributed by atoms with E-state index in [-0.39, 0.29) is 5.82 Å². The molecule has 0 saturated heterocycles. The molecule has 25 heavy (non-hydrogen) atoms. The molecule has 130 valence electrons. The fraction of sp³-hybridized carbons (Fsp3) is 0.300. The van der Waals surface area contributed by atoms with E-state index >= 15 is 0 Å². The normalized spacial score (nSPS) is 12.3. The lowest BCUT2D eigenvalue weighted by atomic mass is 10.0. The lowest BCUT2D eigenvalue weighted by molar-refractivity contribution is 0.564. The molecule has 2 aromatic carbocycles. The van der Waals surface area contributed by atoms with Crippen molar-refractivity contribution >= 4 is 16.6 Å². The fourth-order valence-electron chi connectivity index (χ4n) is 2.77. The number of nitrogens with one attached hydrogen (secondary N) is 2. The Morgan fingerprint density at radius 3 is 2.44 bits per heavy atom. The molecule has 5 heteroatoms. The summed E-state index contributed by atoms with van der Waals surface area (Å²) in [5, 5.41) is 17.6. The molecule has 0 radical (unpaired) electrons. The van der Waals surface area contributed by atoms with Crippen molar-refractivity contribution in [2.75, 3.05) is 18.4 Å². The standard InChI is InChI=1S/C20H23FN4/c1-3-12-22-14(2)13-23-20-18-7-5-4-6-17(18)19(24-25-20)15-8-10-16(21)11-9-15/h4-11,14,22H,3,12-13H2,1-2H3,(H,23,25). The van der Waals surface area contributed by atoms with Gasteiger partial charge >= 0.3 is 0 Å². The molecule has 0 fully saturated rings. The van der Waals surface area contributed by atoms with Crippen LogP contribution >= 0.6 is 0 Å². The molecule has 1 heterocycles. The van der Waals surface area contributed by atoms with E-state index in [1.807, 2.05) is 24.3 Å². The second kappa shape index (κ2) is 8.03. The molecule has 4 nitrogen and oxygen atoms in total. The number of nitrogens with zero attached hydrogens (tertiary/aromatic N) is 2. The van der Waals surface area contributed by atoms with E-state index in [4.69, 9.17) is 0 Å². The van der Waals surface area contributed by atoms with Crippen LogP contribution in [0.5, 0.6) is 0 Å². The average Bonchev–Trinajstić information content (AvgIpc) is 2.65. The number of hydrogen-bond donors (Lipinski definition) is 2. The first-order chi connectivity index (χ1) is 12.2. The van der Waals surface area contributed by atoms with Gasteiger partial charge in [-0.05, 0) is 44.2 Å². The highest BCUT2D eigenvalue weighted by molar-refractivity contribution is 5.99. The maximum absolute atomic E-state index is 13.2. The second-order valence-electron chi connectivity index (χ2n) is 6.19. The van der Waals surface area contributed by atoms with Gasteiger partial charge < -0.3 is 10.6 Å². The maximum atomic E-state index is 13.2. The lowest BCUT2D eigenvalue weighted by Gasteiger charge is -2.16. The van der Waals surface area contributed by atoms with E-state index in [0.717, 1.165) is 47.4 Å². The van der Waals surface area contributed by atoms with Gasteiger partial charge in [0.15, 0.2) is 5.82 Å². The van der Waals surface area contributed by atoms with Gasteiger partial charge in [0.25, 0.3) is 0 Å². The van der Waals surface area contributed by atoms with Gasteiger partial charge in [-0.1, -0.05) is 31.2 Å². The molecular formula is C20H23FN4. The summed E-state index contributed by atoms with van der Waals surface area (Å²) in [4.78, 5) is 0. The highest BCUT2D eigenvalue weighted by atomic mass is 19.1. The molecule has 3 aromatic rings. The zero-order valence-electron chi connectivity index (χ0n) is 14.6. The van der Waals surface area contributed by atoms with Crippen molar-refractivity contribution in [2.45, 2.75) is 26.3 Å². The van der Waals surface area contributed by atoms with Crippen LogP contribution in [-0.2, 0) is 0 Å². The Labute approximate surface area is 147 Å². The monoisotopic (exact) mass is 338 g/mol. The molecule has 0 aliphatic rings. The molecule has 0 saturated carbocycles. The van der Waals surface area contributed by atoms with Crippen LogP contribution in [0.2, 0.25) is 0 Å². The molecule has 1 aromatic heterocycles. The van der Waals surface area contributed by atoms with Crippen LogP contribution in [0.15, 0.2) is 48.5 Å². The first-order valence-electron chi connectivity index (χ1n) is 8.67. The minimum Gasteiger partial charge on any atom is -0.367 e. The molecule has 1 unspecified atom stereocenters. The number of anilines is 1. The number of rotatable bonds is 7. The lowest BCUT2D eigenvalue weighted by Crippen LogP contribution is -2.33. The molecule has 0 spiro atoms. The second-order valence-corrected chi connectivity index (χ2v) is 6.19. The third-order valence-electron chi connectivity index (χ3n) is 4.12. The van der Waals surface area contributed by atoms with Crippen molar-refractivity contribution in [3.63, 3.8) is 0 Å². The highest BCUT2D eigenvalue weighted by Crippen LogP contribution is 2.29. The van der Waals surface area contributed by atoms with Crippen LogP contribution < -0.4 is 10.6 Å². The number of benzene rings is 2. The predicted molar refractivity (Wildman–Crippen MR) is 101 cm³/mol. The molecule has 0 aliphatic heterocycles. The quantitative estimate of drug-likeness (QED) is 0.677. The van der Waals surface area contributed by atoms with Gasteiger partial charge in [-0.25, -0.2) is 4.39 Å². The summed E-state index contributed by atoms with van der Waals surface area (Å²) in [6.07, 6.45) is 1.11. The van der Waals surface area contributed by atoms with E-state index in [1.165, 1.54) is 12.1 Å². The van der Waals surface area contributed by atoms with Crippen molar-refractivity contribution in [3.05, 3.63) is 54.3 Å². The summed E-state index contributed by atoms with van der Waals surface area (Å²) in [6, 6.07) is 14.7. The maximum Gasteiger partial charge on any atom is 0.156 e. The van der Waals surface area contributed by atoms with Gasteiger partial charge in [-0.3, -0.25) is 0 Å². The van der Waals surface area contributed by atoms with Gasteiger partial charge in [0, 0.05) is 28.9 Å². The molecule has 1 atom stereocenters. The van der Waals surface area contributed by atoms with E-state index in [9.17, 15) is 4.39 Å². The average molecular weight is 338 g/mol. The van der Waals surface area contributed by atoms with Crippen LogP contribution in [0.4, 0.5) is 10.2 Å². The number of hydrogen-bond acceptors (Lipinski definition) is 4. The van der Waals surface area contributed by atoms with E-state index in [0.29, 0.717) is 6.04 Å². The molecular weight excluding hydrogens is 315 g/mol. The Balaban J connectivity index is 1.89. The van der Waals surface area contributed by atoms with Crippen LogP contribution in [0.1, 0.15) is 20.3 Å². The Kier molecular flexibility index (Phi) is 5.56. The summed E-state index contributed by atoms with van der Waals surface area (Å²) in [7, 11) is 0. The SMILES string of the molecule is CCCNC(C)CNc1nnc(-c2ccc(F)cc2)c2ccccc12. The Hall–Kier alpha value is -2.53. The van der Waals surface area contributed by atoms with Gasteiger partial charge in [0.1, 0.15) is 11.5 Å². The number of aromatic nitrogens is 2. The molecule has 0 bridgehead atoms. The smallest absolute Gasteiger partial charge is 0.156 e. The number of fused-ring (bicyclic) bond motifs is 1. The predicted octanol–water partition coefficient (Wildman–Crippen LogP) is 4.24. The summed E-state index contributed by atoms with van der Waals surface area (Å²) in [5.74, 6) is 0.513. The third-order valence-corrected chi connectivity index (χ3v) is 4.12. The Bertz CT molecular complexity index is 833. The summed E-state index contributed by atoms with van der Waals surface area (Å²) in [5.41, 5.74) is 1.62. The van der Waals surface area contributed by atoms with Crippen molar-refractivity contribution in [3.8, 4) is 11.3 Å². The minimum absolute atomic E-state index is 0.257. The third kappa shape index (κ3) is 4.12. The van der Waals surface area contributed by atoms with Crippen LogP contribution in [-0.4, -0.2) is 29.3 Å². The largest absolute Gasteiger partial charge is 0.367 e. The van der Waals surface area contributed by atoms with Gasteiger partial charge in [-0.15, -0.1) is 10.2 Å². The Morgan fingerprint density at radius 2 is 1.72 bits per heavy atom. The van der Waals surface area contributed by atoms with Crippen LogP contribution in [0, 0.1) is 5.82 Å². The fourth-order valence-corrected chi connectivity index (χ4v) is 2.77. The van der Waals surface area contributed by atoms with Crippen molar-refractivity contribution in [2.24, 2.45) is 0 Å². The number of halogens is 1. The summed E-state index contributed by atoms with van der Waals surface area (Å²) < 4.78 is 13.2. The first kappa shape index (κ1) is 17.3. The van der Waals surface area contributed by atoms with E-state index in [1.54, 1.807) is 12.1 Å². The van der Waals surface area contributed by atoms with Crippen molar-refractivity contribution in [1.29, 1.82) is 0 Å². The Morgan fingerprint density at radius 1 is 1.00 bits per heavy atom. The van der Waals surface area contributed by atoms with E-state index < -0.39 is 0 Å². The van der Waals surface area contributed by atoms with Gasteiger partial charge in [0.05, 0.1) is 0 Å². The summed E-state index contributed by atoms with van der Waals surface area (Å²) >= 11 is 0. The van der Waals surface area contributed by atoms with Crippen molar-refractivity contribution < 1.29 is 4.39 Å². The summed E-state index contributed by atoms with van der Waals surface area (Å²) in [6.45, 7) is 6.07. The van der Waals surface area contributed by atoms with Crippen LogP contribution in [0.3, 0.4) is 0 Å². The molecule has 2 N–H and O–H groups in total. The minimum atomic E-state index is -0.257. The first-order valence-corrected chi connectivity index (χ1v) is 8.67. The van der Waals surface area contributed by atoms with Crippen molar-refractivity contribution in [1.82, 2.24) is 15.5 Å². The molecule has 0 amide bonds. The van der Waals surface area contributed by atoms with Gasteiger partial charge in [-0.2, -0.15) is 0 Å². The topological polar surface area (TPSA) is 49.8 Å². The van der Waals surface area contributed by atoms with Crippen LogP contribution in [0.25, 0.3) is 22.0 Å².